The van der Waals surface area contributed by atoms with Crippen LogP contribution >= 0.6 is 0 Å². The molecule has 2 fully saturated rings. The Morgan fingerprint density at radius 1 is 1.20 bits per heavy atom. The molecule has 0 amide bonds. The zero-order chi connectivity index (χ0) is 13.5. The Bertz CT molecular complexity index is 618. The maximum absolute atomic E-state index is 4.88. The smallest absolute Gasteiger partial charge is 0.112 e. The molecular formula is C17H23N3. The largest absolute Gasteiger partial charge is 0.331 e. The van der Waals surface area contributed by atoms with E-state index in [9.17, 15) is 0 Å². The summed E-state index contributed by atoms with van der Waals surface area (Å²) in [7, 11) is 2.16. The van der Waals surface area contributed by atoms with Crippen LogP contribution in [0.3, 0.4) is 0 Å². The van der Waals surface area contributed by atoms with Crippen molar-refractivity contribution in [3.8, 4) is 0 Å². The van der Waals surface area contributed by atoms with Crippen molar-refractivity contribution in [2.45, 2.75) is 38.0 Å². The molecule has 0 bridgehead atoms. The van der Waals surface area contributed by atoms with E-state index in [2.05, 4.69) is 35.1 Å². The Labute approximate surface area is 120 Å². The van der Waals surface area contributed by atoms with Crippen molar-refractivity contribution >= 4 is 11.0 Å². The van der Waals surface area contributed by atoms with Gasteiger partial charge in [-0.1, -0.05) is 6.07 Å². The lowest BCUT2D eigenvalue weighted by Gasteiger charge is -2.22. The Morgan fingerprint density at radius 2 is 2.00 bits per heavy atom. The van der Waals surface area contributed by atoms with Crippen LogP contribution in [0.4, 0.5) is 0 Å². The minimum atomic E-state index is 0.722. The highest BCUT2D eigenvalue weighted by Crippen LogP contribution is 2.40. The fourth-order valence-corrected chi connectivity index (χ4v) is 3.52. The lowest BCUT2D eigenvalue weighted by atomic mass is 9.91. The molecule has 0 atom stereocenters. The number of rotatable bonds is 3. The molecule has 20 heavy (non-hydrogen) atoms. The average molecular weight is 269 g/mol. The molecule has 0 unspecified atom stereocenters. The molecule has 1 aliphatic carbocycles. The predicted octanol–water partition coefficient (Wildman–Crippen LogP) is 2.99. The predicted molar refractivity (Wildman–Crippen MR) is 82.0 cm³/mol. The van der Waals surface area contributed by atoms with E-state index in [1.54, 1.807) is 0 Å². The number of nitrogens with zero attached hydrogens (tertiary/aromatic N) is 2. The van der Waals surface area contributed by atoms with Gasteiger partial charge in [-0.25, -0.2) is 4.98 Å². The highest BCUT2D eigenvalue weighted by Gasteiger charge is 2.28. The zero-order valence-corrected chi connectivity index (χ0v) is 12.2. The summed E-state index contributed by atoms with van der Waals surface area (Å²) in [5.74, 6) is 2.86. The van der Waals surface area contributed by atoms with Crippen LogP contribution in [-0.4, -0.2) is 22.6 Å². The fraction of sp³-hybridized carbons (Fsp3) is 0.588. The van der Waals surface area contributed by atoms with E-state index in [4.69, 9.17) is 4.98 Å². The van der Waals surface area contributed by atoms with Crippen LogP contribution in [0.2, 0.25) is 0 Å². The highest BCUT2D eigenvalue weighted by atomic mass is 15.1. The van der Waals surface area contributed by atoms with E-state index in [1.807, 2.05) is 0 Å². The van der Waals surface area contributed by atoms with Crippen molar-refractivity contribution in [2.24, 2.45) is 13.0 Å². The minimum Gasteiger partial charge on any atom is -0.331 e. The van der Waals surface area contributed by atoms with Gasteiger partial charge in [-0.05, 0) is 68.8 Å². The van der Waals surface area contributed by atoms with Crippen molar-refractivity contribution in [1.29, 1.82) is 0 Å². The van der Waals surface area contributed by atoms with E-state index in [0.717, 1.165) is 11.8 Å². The summed E-state index contributed by atoms with van der Waals surface area (Å²) in [4.78, 5) is 4.88. The SMILES string of the molecule is Cn1c(C2CC2)nc2cc(CC3CCNCC3)ccc21. The molecule has 0 radical (unpaired) electrons. The summed E-state index contributed by atoms with van der Waals surface area (Å²) in [6.45, 7) is 2.37. The third kappa shape index (κ3) is 2.24. The van der Waals surface area contributed by atoms with E-state index in [0.29, 0.717) is 0 Å². The molecule has 2 aromatic rings. The number of hydrogen-bond acceptors (Lipinski definition) is 2. The first-order valence-corrected chi connectivity index (χ1v) is 7.97. The van der Waals surface area contributed by atoms with Crippen LogP contribution in [-0.2, 0) is 13.5 Å². The first-order chi connectivity index (χ1) is 9.81. The Hall–Kier alpha value is -1.35. The number of benzene rings is 1. The summed E-state index contributed by atoms with van der Waals surface area (Å²) < 4.78 is 2.29. The summed E-state index contributed by atoms with van der Waals surface area (Å²) in [5.41, 5.74) is 3.95. The lowest BCUT2D eigenvalue weighted by molar-refractivity contribution is 0.373. The van der Waals surface area contributed by atoms with Gasteiger partial charge in [-0.2, -0.15) is 0 Å². The summed E-state index contributed by atoms with van der Waals surface area (Å²) in [6.07, 6.45) is 6.48. The average Bonchev–Trinajstić information content (AvgIpc) is 3.26. The van der Waals surface area contributed by atoms with Crippen LogP contribution in [0.1, 0.15) is 43.0 Å². The Kier molecular flexibility index (Phi) is 3.03. The van der Waals surface area contributed by atoms with Crippen LogP contribution in [0.5, 0.6) is 0 Å². The minimum absolute atomic E-state index is 0.722. The van der Waals surface area contributed by atoms with E-state index >= 15 is 0 Å². The molecule has 2 aliphatic rings. The Morgan fingerprint density at radius 3 is 2.75 bits per heavy atom. The molecule has 1 N–H and O–H groups in total. The van der Waals surface area contributed by atoms with Gasteiger partial charge in [0.2, 0.25) is 0 Å². The second-order valence-electron chi connectivity index (χ2n) is 6.52. The molecule has 3 heteroatoms. The maximum atomic E-state index is 4.88. The van der Waals surface area contributed by atoms with Gasteiger partial charge >= 0.3 is 0 Å². The molecule has 2 heterocycles. The standard InChI is InChI=1S/C17H23N3/c1-20-16-5-2-13(10-12-6-8-18-9-7-12)11-15(16)19-17(20)14-3-4-14/h2,5,11-12,14,18H,3-4,6-10H2,1H3. The second kappa shape index (κ2) is 4.88. The van der Waals surface area contributed by atoms with E-state index in [1.165, 1.54) is 67.6 Å². The monoisotopic (exact) mass is 269 g/mol. The van der Waals surface area contributed by atoms with Crippen molar-refractivity contribution < 1.29 is 0 Å². The van der Waals surface area contributed by atoms with Gasteiger partial charge in [-0.15, -0.1) is 0 Å². The van der Waals surface area contributed by atoms with Crippen molar-refractivity contribution in [3.63, 3.8) is 0 Å². The van der Waals surface area contributed by atoms with Gasteiger partial charge in [-0.3, -0.25) is 0 Å². The molecule has 1 aromatic carbocycles. The number of piperidine rings is 1. The van der Waals surface area contributed by atoms with Crippen LogP contribution in [0, 0.1) is 5.92 Å². The van der Waals surface area contributed by atoms with Crippen LogP contribution < -0.4 is 5.32 Å². The molecule has 0 spiro atoms. The summed E-state index contributed by atoms with van der Waals surface area (Å²) >= 11 is 0. The third-order valence-electron chi connectivity index (χ3n) is 4.91. The molecule has 1 saturated heterocycles. The topological polar surface area (TPSA) is 29.9 Å². The quantitative estimate of drug-likeness (QED) is 0.928. The summed E-state index contributed by atoms with van der Waals surface area (Å²) in [6, 6.07) is 6.90. The van der Waals surface area contributed by atoms with Crippen LogP contribution in [0.15, 0.2) is 18.2 Å². The number of nitrogens with one attached hydrogen (secondary N) is 1. The van der Waals surface area contributed by atoms with Crippen molar-refractivity contribution in [2.75, 3.05) is 13.1 Å². The molecule has 1 aromatic heterocycles. The van der Waals surface area contributed by atoms with Gasteiger partial charge in [0, 0.05) is 13.0 Å². The number of fused-ring (bicyclic) bond motifs is 1. The summed E-state index contributed by atoms with van der Waals surface area (Å²) in [5, 5.41) is 3.44. The van der Waals surface area contributed by atoms with Crippen LogP contribution in [0.25, 0.3) is 11.0 Å². The first kappa shape index (κ1) is 12.4. The van der Waals surface area contributed by atoms with Gasteiger partial charge in [0.15, 0.2) is 0 Å². The third-order valence-corrected chi connectivity index (χ3v) is 4.91. The molecule has 1 aliphatic heterocycles. The van der Waals surface area contributed by atoms with Crippen molar-refractivity contribution in [1.82, 2.24) is 14.9 Å². The molecule has 106 valence electrons. The van der Waals surface area contributed by atoms with Gasteiger partial charge in [0.05, 0.1) is 11.0 Å². The molecular weight excluding hydrogens is 246 g/mol. The second-order valence-corrected chi connectivity index (χ2v) is 6.52. The van der Waals surface area contributed by atoms with Gasteiger partial charge in [0.25, 0.3) is 0 Å². The first-order valence-electron chi connectivity index (χ1n) is 7.97. The number of hydrogen-bond donors (Lipinski definition) is 1. The normalized spacial score (nSPS) is 20.6. The van der Waals surface area contributed by atoms with E-state index in [-0.39, 0.29) is 0 Å². The van der Waals surface area contributed by atoms with Gasteiger partial charge < -0.3 is 9.88 Å². The van der Waals surface area contributed by atoms with E-state index < -0.39 is 0 Å². The highest BCUT2D eigenvalue weighted by molar-refractivity contribution is 5.77. The molecule has 4 rings (SSSR count). The molecule has 1 saturated carbocycles. The van der Waals surface area contributed by atoms with Gasteiger partial charge in [0.1, 0.15) is 5.82 Å². The number of imidazole rings is 1. The number of aryl methyl sites for hydroxylation is 1. The maximum Gasteiger partial charge on any atom is 0.112 e. The lowest BCUT2D eigenvalue weighted by Crippen LogP contribution is -2.28. The number of aromatic nitrogens is 2. The zero-order valence-electron chi connectivity index (χ0n) is 12.2. The Balaban J connectivity index is 1.61. The van der Waals surface area contributed by atoms with Crippen molar-refractivity contribution in [3.05, 3.63) is 29.6 Å². The fourth-order valence-electron chi connectivity index (χ4n) is 3.52. The molecule has 3 nitrogen and oxygen atoms in total.